The van der Waals surface area contributed by atoms with Crippen molar-refractivity contribution >= 4 is 29.9 Å². The number of carbonyl (C=O) groups is 2. The SMILES string of the molecule is COc1cc(C(=O)NCC2CCCN2)cc(NC(C)=O)c1OC.Cl. The van der Waals surface area contributed by atoms with Crippen LogP contribution in [0.4, 0.5) is 5.69 Å². The third kappa shape index (κ3) is 5.01. The summed E-state index contributed by atoms with van der Waals surface area (Å²) in [5.74, 6) is 0.309. The Bertz CT molecular complexity index is 589. The molecule has 1 saturated heterocycles. The molecule has 0 spiro atoms. The Kier molecular flexibility index (Phi) is 7.81. The van der Waals surface area contributed by atoms with Gasteiger partial charge in [-0.05, 0) is 31.5 Å². The molecule has 0 radical (unpaired) electrons. The Morgan fingerprint density at radius 2 is 2.04 bits per heavy atom. The molecule has 0 saturated carbocycles. The highest BCUT2D eigenvalue weighted by Crippen LogP contribution is 2.36. The van der Waals surface area contributed by atoms with Gasteiger partial charge in [0.15, 0.2) is 11.5 Å². The Morgan fingerprint density at radius 1 is 1.29 bits per heavy atom. The van der Waals surface area contributed by atoms with Crippen molar-refractivity contribution in [1.29, 1.82) is 0 Å². The molecule has 1 aromatic rings. The van der Waals surface area contributed by atoms with E-state index >= 15 is 0 Å². The smallest absolute Gasteiger partial charge is 0.251 e. The van der Waals surface area contributed by atoms with Crippen LogP contribution >= 0.6 is 12.4 Å². The molecule has 134 valence electrons. The zero-order chi connectivity index (χ0) is 16.8. The molecule has 1 aromatic carbocycles. The maximum Gasteiger partial charge on any atom is 0.251 e. The Hall–Kier alpha value is -1.99. The van der Waals surface area contributed by atoms with Gasteiger partial charge in [-0.25, -0.2) is 0 Å². The number of anilines is 1. The fourth-order valence-electron chi connectivity index (χ4n) is 2.63. The van der Waals surface area contributed by atoms with Gasteiger partial charge in [-0.3, -0.25) is 9.59 Å². The molecule has 0 aromatic heterocycles. The van der Waals surface area contributed by atoms with E-state index in [0.717, 1.165) is 19.4 Å². The average Bonchev–Trinajstić information content (AvgIpc) is 3.04. The summed E-state index contributed by atoms with van der Waals surface area (Å²) < 4.78 is 10.5. The molecule has 0 bridgehead atoms. The first-order valence-corrected chi connectivity index (χ1v) is 7.60. The van der Waals surface area contributed by atoms with Crippen LogP contribution in [0.15, 0.2) is 12.1 Å². The fraction of sp³-hybridized carbons (Fsp3) is 0.500. The van der Waals surface area contributed by atoms with Gasteiger partial charge in [0.1, 0.15) is 0 Å². The van der Waals surface area contributed by atoms with E-state index in [1.54, 1.807) is 12.1 Å². The van der Waals surface area contributed by atoms with Crippen LogP contribution in [0.2, 0.25) is 0 Å². The number of carbonyl (C=O) groups excluding carboxylic acids is 2. The summed E-state index contributed by atoms with van der Waals surface area (Å²) in [5.41, 5.74) is 0.813. The zero-order valence-corrected chi connectivity index (χ0v) is 14.9. The lowest BCUT2D eigenvalue weighted by Gasteiger charge is -2.16. The summed E-state index contributed by atoms with van der Waals surface area (Å²) in [6, 6.07) is 3.50. The Morgan fingerprint density at radius 3 is 2.58 bits per heavy atom. The van der Waals surface area contributed by atoms with Crippen LogP contribution in [0.1, 0.15) is 30.1 Å². The molecule has 1 unspecified atom stereocenters. The summed E-state index contributed by atoms with van der Waals surface area (Å²) in [5, 5.41) is 8.88. The molecule has 1 aliphatic heterocycles. The standard InChI is InChI=1S/C16H23N3O4.ClH/c1-10(20)19-13-7-11(8-14(22-2)15(13)23-3)16(21)18-9-12-5-4-6-17-12;/h7-8,12,17H,4-6,9H2,1-3H3,(H,18,21)(H,19,20);1H. The maximum absolute atomic E-state index is 12.4. The Balaban J connectivity index is 0.00000288. The van der Waals surface area contributed by atoms with Crippen LogP contribution in [-0.2, 0) is 4.79 Å². The fourth-order valence-corrected chi connectivity index (χ4v) is 2.63. The monoisotopic (exact) mass is 357 g/mol. The lowest BCUT2D eigenvalue weighted by atomic mass is 10.1. The second kappa shape index (κ2) is 9.34. The van der Waals surface area contributed by atoms with Crippen LogP contribution in [0.25, 0.3) is 0 Å². The van der Waals surface area contributed by atoms with E-state index in [-0.39, 0.29) is 24.2 Å². The van der Waals surface area contributed by atoms with Gasteiger partial charge in [0, 0.05) is 25.1 Å². The molecular formula is C16H24ClN3O4. The van der Waals surface area contributed by atoms with Crippen molar-refractivity contribution in [2.75, 3.05) is 32.6 Å². The molecule has 2 rings (SSSR count). The number of hydrogen-bond donors (Lipinski definition) is 3. The molecule has 3 N–H and O–H groups in total. The van der Waals surface area contributed by atoms with Crippen LogP contribution < -0.4 is 25.4 Å². The van der Waals surface area contributed by atoms with Crippen molar-refractivity contribution in [2.24, 2.45) is 0 Å². The summed E-state index contributed by atoms with van der Waals surface area (Å²) in [6.07, 6.45) is 2.19. The number of hydrogen-bond acceptors (Lipinski definition) is 5. The number of amides is 2. The van der Waals surface area contributed by atoms with Gasteiger partial charge in [-0.2, -0.15) is 0 Å². The first kappa shape index (κ1) is 20.1. The van der Waals surface area contributed by atoms with Gasteiger partial charge < -0.3 is 25.4 Å². The molecule has 8 heteroatoms. The van der Waals surface area contributed by atoms with Gasteiger partial charge in [-0.15, -0.1) is 12.4 Å². The van der Waals surface area contributed by atoms with Crippen molar-refractivity contribution < 1.29 is 19.1 Å². The van der Waals surface area contributed by atoms with Gasteiger partial charge in [0.25, 0.3) is 5.91 Å². The number of benzene rings is 1. The van der Waals surface area contributed by atoms with Crippen molar-refractivity contribution in [1.82, 2.24) is 10.6 Å². The van der Waals surface area contributed by atoms with Crippen molar-refractivity contribution in [2.45, 2.75) is 25.8 Å². The summed E-state index contributed by atoms with van der Waals surface area (Å²) in [6.45, 7) is 2.96. The van der Waals surface area contributed by atoms with E-state index in [1.165, 1.54) is 21.1 Å². The molecule has 1 aliphatic rings. The van der Waals surface area contributed by atoms with E-state index in [0.29, 0.717) is 35.3 Å². The quantitative estimate of drug-likeness (QED) is 0.719. The molecule has 2 amide bonds. The summed E-state index contributed by atoms with van der Waals surface area (Å²) in [7, 11) is 2.97. The highest BCUT2D eigenvalue weighted by atomic mass is 35.5. The Labute approximate surface area is 147 Å². The molecule has 24 heavy (non-hydrogen) atoms. The normalized spacial score (nSPS) is 16.0. The lowest BCUT2D eigenvalue weighted by molar-refractivity contribution is -0.114. The molecule has 7 nitrogen and oxygen atoms in total. The maximum atomic E-state index is 12.4. The van der Waals surface area contributed by atoms with Crippen molar-refractivity contribution in [3.05, 3.63) is 17.7 Å². The predicted octanol–water partition coefficient (Wildman–Crippen LogP) is 1.57. The number of halogens is 1. The predicted molar refractivity (Wildman–Crippen MR) is 94.5 cm³/mol. The topological polar surface area (TPSA) is 88.7 Å². The minimum atomic E-state index is -0.252. The lowest BCUT2D eigenvalue weighted by Crippen LogP contribution is -2.37. The first-order chi connectivity index (χ1) is 11.0. The van der Waals surface area contributed by atoms with Gasteiger partial charge >= 0.3 is 0 Å². The van der Waals surface area contributed by atoms with Gasteiger partial charge in [-0.1, -0.05) is 0 Å². The van der Waals surface area contributed by atoms with E-state index in [4.69, 9.17) is 9.47 Å². The summed E-state index contributed by atoms with van der Waals surface area (Å²) in [4.78, 5) is 23.7. The molecular weight excluding hydrogens is 334 g/mol. The minimum Gasteiger partial charge on any atom is -0.493 e. The third-order valence-corrected chi connectivity index (χ3v) is 3.72. The minimum absolute atomic E-state index is 0. The molecule has 0 aliphatic carbocycles. The van der Waals surface area contributed by atoms with E-state index < -0.39 is 0 Å². The molecule has 1 fully saturated rings. The van der Waals surface area contributed by atoms with E-state index in [1.807, 2.05) is 0 Å². The number of nitrogens with one attached hydrogen (secondary N) is 3. The summed E-state index contributed by atoms with van der Waals surface area (Å²) >= 11 is 0. The van der Waals surface area contributed by atoms with Crippen LogP contribution in [0.3, 0.4) is 0 Å². The zero-order valence-electron chi connectivity index (χ0n) is 14.1. The number of methoxy groups -OCH3 is 2. The second-order valence-corrected chi connectivity index (χ2v) is 5.44. The second-order valence-electron chi connectivity index (χ2n) is 5.44. The van der Waals surface area contributed by atoms with E-state index in [2.05, 4.69) is 16.0 Å². The van der Waals surface area contributed by atoms with Crippen LogP contribution in [0.5, 0.6) is 11.5 Å². The number of rotatable bonds is 6. The van der Waals surface area contributed by atoms with E-state index in [9.17, 15) is 9.59 Å². The number of ether oxygens (including phenoxy) is 2. The largest absolute Gasteiger partial charge is 0.493 e. The highest BCUT2D eigenvalue weighted by molar-refractivity contribution is 5.99. The molecule has 1 atom stereocenters. The average molecular weight is 358 g/mol. The highest BCUT2D eigenvalue weighted by Gasteiger charge is 2.19. The van der Waals surface area contributed by atoms with Crippen molar-refractivity contribution in [3.8, 4) is 11.5 Å². The first-order valence-electron chi connectivity index (χ1n) is 7.60. The van der Waals surface area contributed by atoms with Gasteiger partial charge in [0.05, 0.1) is 19.9 Å². The van der Waals surface area contributed by atoms with Crippen LogP contribution in [0, 0.1) is 0 Å². The third-order valence-electron chi connectivity index (χ3n) is 3.72. The van der Waals surface area contributed by atoms with Crippen molar-refractivity contribution in [3.63, 3.8) is 0 Å². The van der Waals surface area contributed by atoms with Gasteiger partial charge in [0.2, 0.25) is 5.91 Å². The molecule has 1 heterocycles. The van der Waals surface area contributed by atoms with Crippen LogP contribution in [-0.4, -0.2) is 45.2 Å².